The highest BCUT2D eigenvalue weighted by molar-refractivity contribution is 5.00. The molecule has 0 aromatic carbocycles. The molecule has 1 aromatic heterocycles. The summed E-state index contributed by atoms with van der Waals surface area (Å²) in [5, 5.41) is 17.0. The van der Waals surface area contributed by atoms with Crippen molar-refractivity contribution >= 4 is 0 Å². The Bertz CT molecular complexity index is 395. The van der Waals surface area contributed by atoms with Crippen molar-refractivity contribution in [1.82, 2.24) is 19.9 Å². The van der Waals surface area contributed by atoms with E-state index in [2.05, 4.69) is 21.3 Å². The Kier molecular flexibility index (Phi) is 2.92. The third-order valence-corrected chi connectivity index (χ3v) is 3.27. The van der Waals surface area contributed by atoms with E-state index >= 15 is 0 Å². The van der Waals surface area contributed by atoms with Crippen molar-refractivity contribution < 1.29 is 0 Å². The van der Waals surface area contributed by atoms with Gasteiger partial charge in [-0.05, 0) is 19.8 Å². The zero-order valence-corrected chi connectivity index (χ0v) is 9.85. The first kappa shape index (κ1) is 11.1. The number of aromatic nitrogens is 3. The first-order chi connectivity index (χ1) is 7.61. The van der Waals surface area contributed by atoms with Gasteiger partial charge in [-0.1, -0.05) is 5.21 Å². The second kappa shape index (κ2) is 4.22. The Morgan fingerprint density at radius 1 is 1.50 bits per heavy atom. The average Bonchev–Trinajstić information content (AvgIpc) is 2.68. The first-order valence-electron chi connectivity index (χ1n) is 5.60. The summed E-state index contributed by atoms with van der Waals surface area (Å²) in [6.07, 6.45) is 3.84. The van der Waals surface area contributed by atoms with Crippen LogP contribution in [0.5, 0.6) is 0 Å². The zero-order chi connectivity index (χ0) is 11.6. The van der Waals surface area contributed by atoms with Crippen LogP contribution in [0.2, 0.25) is 0 Å². The van der Waals surface area contributed by atoms with Crippen LogP contribution in [0.4, 0.5) is 0 Å². The van der Waals surface area contributed by atoms with E-state index in [9.17, 15) is 0 Å². The Morgan fingerprint density at radius 2 is 2.19 bits per heavy atom. The smallest absolute Gasteiger partial charge is 0.0966 e. The zero-order valence-electron chi connectivity index (χ0n) is 9.85. The van der Waals surface area contributed by atoms with Crippen molar-refractivity contribution in [1.29, 1.82) is 5.26 Å². The molecule has 0 N–H and O–H groups in total. The molecular weight excluding hydrogens is 202 g/mol. The van der Waals surface area contributed by atoms with Gasteiger partial charge in [0.15, 0.2) is 0 Å². The van der Waals surface area contributed by atoms with Gasteiger partial charge >= 0.3 is 0 Å². The summed E-state index contributed by atoms with van der Waals surface area (Å²) in [6, 6.07) is 2.41. The molecule has 0 radical (unpaired) electrons. The lowest BCUT2D eigenvalue weighted by atomic mass is 9.82. The number of rotatable bonds is 2. The highest BCUT2D eigenvalue weighted by Gasteiger charge is 2.29. The van der Waals surface area contributed by atoms with Crippen LogP contribution in [0, 0.1) is 16.7 Å². The number of hydrogen-bond acceptors (Lipinski definition) is 4. The Morgan fingerprint density at radius 3 is 2.69 bits per heavy atom. The van der Waals surface area contributed by atoms with Gasteiger partial charge in [0.2, 0.25) is 0 Å². The normalized spacial score (nSPS) is 20.6. The van der Waals surface area contributed by atoms with Gasteiger partial charge in [0.05, 0.1) is 17.2 Å². The fourth-order valence-corrected chi connectivity index (χ4v) is 2.01. The molecule has 0 atom stereocenters. The van der Waals surface area contributed by atoms with E-state index < -0.39 is 0 Å². The lowest BCUT2D eigenvalue weighted by Crippen LogP contribution is -2.37. The number of hydrogen-bond donors (Lipinski definition) is 0. The summed E-state index contributed by atoms with van der Waals surface area (Å²) in [6.45, 7) is 4.84. The van der Waals surface area contributed by atoms with Crippen molar-refractivity contribution in [2.45, 2.75) is 26.3 Å². The second-order valence-electron chi connectivity index (χ2n) is 4.83. The number of piperidine rings is 1. The number of nitriles is 1. The molecule has 1 fully saturated rings. The standard InChI is InChI=1S/C11H17N5/c1-11(9-12)3-5-16(6-4-11)8-10-7-15(2)14-13-10/h7H,3-6,8H2,1-2H3. The van der Waals surface area contributed by atoms with Gasteiger partial charge in [0.1, 0.15) is 0 Å². The highest BCUT2D eigenvalue weighted by atomic mass is 15.4. The van der Waals surface area contributed by atoms with Gasteiger partial charge < -0.3 is 0 Å². The van der Waals surface area contributed by atoms with Gasteiger partial charge in [0.25, 0.3) is 0 Å². The predicted octanol–water partition coefficient (Wildman–Crippen LogP) is 0.941. The monoisotopic (exact) mass is 219 g/mol. The molecule has 0 bridgehead atoms. The van der Waals surface area contributed by atoms with Crippen molar-refractivity contribution in [3.63, 3.8) is 0 Å². The third-order valence-electron chi connectivity index (χ3n) is 3.27. The topological polar surface area (TPSA) is 57.7 Å². The second-order valence-corrected chi connectivity index (χ2v) is 4.83. The maximum Gasteiger partial charge on any atom is 0.0966 e. The average molecular weight is 219 g/mol. The molecule has 2 rings (SSSR count). The molecule has 0 saturated carbocycles. The molecule has 0 amide bonds. The third kappa shape index (κ3) is 2.39. The molecule has 2 heterocycles. The number of aryl methyl sites for hydroxylation is 1. The minimum absolute atomic E-state index is 0.126. The Labute approximate surface area is 95.7 Å². The van der Waals surface area contributed by atoms with Gasteiger partial charge in [-0.25, -0.2) is 0 Å². The van der Waals surface area contributed by atoms with Crippen LogP contribution in [-0.4, -0.2) is 33.0 Å². The fraction of sp³-hybridized carbons (Fsp3) is 0.727. The quantitative estimate of drug-likeness (QED) is 0.742. The largest absolute Gasteiger partial charge is 0.297 e. The van der Waals surface area contributed by atoms with Crippen LogP contribution in [0.15, 0.2) is 6.20 Å². The van der Waals surface area contributed by atoms with E-state index in [0.29, 0.717) is 0 Å². The Hall–Kier alpha value is -1.41. The van der Waals surface area contributed by atoms with Crippen LogP contribution in [0.3, 0.4) is 0 Å². The number of nitrogens with zero attached hydrogens (tertiary/aromatic N) is 5. The van der Waals surface area contributed by atoms with E-state index in [0.717, 1.165) is 38.2 Å². The summed E-state index contributed by atoms with van der Waals surface area (Å²) < 4.78 is 1.72. The van der Waals surface area contributed by atoms with Gasteiger partial charge in [-0.2, -0.15) is 5.26 Å². The molecular formula is C11H17N5. The molecule has 0 aliphatic carbocycles. The van der Waals surface area contributed by atoms with E-state index in [1.54, 1.807) is 4.68 Å². The molecule has 1 aliphatic rings. The summed E-state index contributed by atoms with van der Waals surface area (Å²) in [5.74, 6) is 0. The van der Waals surface area contributed by atoms with Crippen LogP contribution >= 0.6 is 0 Å². The van der Waals surface area contributed by atoms with E-state index in [4.69, 9.17) is 5.26 Å². The molecule has 1 aromatic rings. The SMILES string of the molecule is Cn1cc(CN2CCC(C)(C#N)CC2)nn1. The minimum atomic E-state index is -0.126. The Balaban J connectivity index is 1.89. The molecule has 5 nitrogen and oxygen atoms in total. The van der Waals surface area contributed by atoms with Crippen molar-refractivity contribution in [3.8, 4) is 6.07 Å². The van der Waals surface area contributed by atoms with Crippen LogP contribution in [-0.2, 0) is 13.6 Å². The summed E-state index contributed by atoms with van der Waals surface area (Å²) >= 11 is 0. The molecule has 1 saturated heterocycles. The van der Waals surface area contributed by atoms with Crippen molar-refractivity contribution in [3.05, 3.63) is 11.9 Å². The lowest BCUT2D eigenvalue weighted by Gasteiger charge is -2.34. The van der Waals surface area contributed by atoms with Crippen LogP contribution in [0.25, 0.3) is 0 Å². The van der Waals surface area contributed by atoms with Crippen LogP contribution < -0.4 is 0 Å². The van der Waals surface area contributed by atoms with E-state index in [1.165, 1.54) is 0 Å². The first-order valence-corrected chi connectivity index (χ1v) is 5.60. The lowest BCUT2D eigenvalue weighted by molar-refractivity contribution is 0.149. The molecule has 0 spiro atoms. The van der Waals surface area contributed by atoms with Crippen LogP contribution in [0.1, 0.15) is 25.5 Å². The minimum Gasteiger partial charge on any atom is -0.297 e. The van der Waals surface area contributed by atoms with E-state index in [1.807, 2.05) is 20.2 Å². The summed E-state index contributed by atoms with van der Waals surface area (Å²) in [7, 11) is 1.87. The molecule has 16 heavy (non-hydrogen) atoms. The number of likely N-dealkylation sites (tertiary alicyclic amines) is 1. The van der Waals surface area contributed by atoms with E-state index in [-0.39, 0.29) is 5.41 Å². The maximum atomic E-state index is 9.04. The molecule has 0 unspecified atom stereocenters. The molecule has 5 heteroatoms. The van der Waals surface area contributed by atoms with Gasteiger partial charge in [-0.15, -0.1) is 5.10 Å². The molecule has 86 valence electrons. The highest BCUT2D eigenvalue weighted by Crippen LogP contribution is 2.30. The predicted molar refractivity (Wildman–Crippen MR) is 59.2 cm³/mol. The maximum absolute atomic E-state index is 9.04. The fourth-order valence-electron chi connectivity index (χ4n) is 2.01. The van der Waals surface area contributed by atoms with Gasteiger partial charge in [0, 0.05) is 32.9 Å². The molecule has 1 aliphatic heterocycles. The summed E-state index contributed by atoms with van der Waals surface area (Å²) in [4.78, 5) is 2.34. The summed E-state index contributed by atoms with van der Waals surface area (Å²) in [5.41, 5.74) is 0.877. The van der Waals surface area contributed by atoms with Crippen molar-refractivity contribution in [2.75, 3.05) is 13.1 Å². The van der Waals surface area contributed by atoms with Crippen molar-refractivity contribution in [2.24, 2.45) is 12.5 Å². The van der Waals surface area contributed by atoms with Gasteiger partial charge in [-0.3, -0.25) is 9.58 Å².